The van der Waals surface area contributed by atoms with E-state index in [1.807, 2.05) is 0 Å². The quantitative estimate of drug-likeness (QED) is 0.194. The molecule has 2 aromatic carbocycles. The zero-order chi connectivity index (χ0) is 21.8. The molecule has 0 saturated heterocycles. The molecule has 0 aliphatic heterocycles. The van der Waals surface area contributed by atoms with Crippen LogP contribution in [0, 0.1) is 0 Å². The number of unbranched alkanes of at least 4 members (excludes halogenated alkanes) is 3. The van der Waals surface area contributed by atoms with Crippen LogP contribution in [0.4, 0.5) is 5.69 Å². The molecule has 0 aliphatic rings. The molecule has 0 bridgehead atoms. The third-order valence-corrected chi connectivity index (χ3v) is 22.0. The molecule has 0 radical (unpaired) electrons. The fourth-order valence-corrected chi connectivity index (χ4v) is 20.5. The van der Waals surface area contributed by atoms with Crippen LogP contribution in [0.15, 0.2) is 48.5 Å². The van der Waals surface area contributed by atoms with Crippen LogP contribution < -0.4 is 8.48 Å². The summed E-state index contributed by atoms with van der Waals surface area (Å²) in [7, 11) is 4.17. The number of rotatable bonds is 13. The maximum atomic E-state index is 2.56. The van der Waals surface area contributed by atoms with Gasteiger partial charge in [-0.2, -0.15) is 0 Å². The number of nitrogens with zero attached hydrogens (tertiary/aromatic N) is 1. The molecule has 0 heterocycles. The summed E-state index contributed by atoms with van der Waals surface area (Å²) < 4.78 is 6.36. The normalized spacial score (nSPS) is 11.9. The molecule has 0 amide bonds. The van der Waals surface area contributed by atoms with Crippen LogP contribution in [0.1, 0.15) is 70.4 Å². The van der Waals surface area contributed by atoms with E-state index in [1.54, 1.807) is 3.58 Å². The van der Waals surface area contributed by atoms with E-state index in [-0.39, 0.29) is 0 Å². The van der Waals surface area contributed by atoms with Gasteiger partial charge in [-0.05, 0) is 0 Å². The summed E-state index contributed by atoms with van der Waals surface area (Å²) >= 11 is -2.35. The SMILES string of the molecule is CCC[CH2][Sn]([CH2]CCC)([CH2]CCC)[c]1cccc(/C=C/c2ccc(N(C)C)cc2)c1. The Morgan fingerprint density at radius 2 is 1.23 bits per heavy atom. The molecule has 0 N–H and O–H groups in total. The second-order valence-electron chi connectivity index (χ2n) is 9.04. The van der Waals surface area contributed by atoms with E-state index in [1.165, 1.54) is 68.6 Å². The van der Waals surface area contributed by atoms with E-state index in [0.29, 0.717) is 0 Å². The van der Waals surface area contributed by atoms with E-state index in [9.17, 15) is 0 Å². The third kappa shape index (κ3) is 7.48. The van der Waals surface area contributed by atoms with Crippen molar-refractivity contribution in [1.82, 2.24) is 0 Å². The first-order valence-corrected chi connectivity index (χ1v) is 19.6. The molecule has 0 fully saturated rings. The Morgan fingerprint density at radius 1 is 0.700 bits per heavy atom. The van der Waals surface area contributed by atoms with Crippen molar-refractivity contribution >= 4 is 39.8 Å². The summed E-state index contributed by atoms with van der Waals surface area (Å²) in [5.41, 5.74) is 3.88. The monoisotopic (exact) mass is 513 g/mol. The summed E-state index contributed by atoms with van der Waals surface area (Å²) in [6, 6.07) is 18.5. The Bertz CT molecular complexity index is 739. The van der Waals surface area contributed by atoms with E-state index >= 15 is 0 Å². The molecular weight excluding hydrogens is 469 g/mol. The van der Waals surface area contributed by atoms with Gasteiger partial charge in [0.2, 0.25) is 0 Å². The molecule has 164 valence electrons. The fourth-order valence-electron chi connectivity index (χ4n) is 4.40. The number of hydrogen-bond donors (Lipinski definition) is 0. The summed E-state index contributed by atoms with van der Waals surface area (Å²) in [6.45, 7) is 7.07. The minimum absolute atomic E-state index is 1.25. The van der Waals surface area contributed by atoms with Crippen LogP contribution in [0.3, 0.4) is 0 Å². The van der Waals surface area contributed by atoms with Gasteiger partial charge in [0.25, 0.3) is 0 Å². The predicted molar refractivity (Wildman–Crippen MR) is 141 cm³/mol. The van der Waals surface area contributed by atoms with Gasteiger partial charge in [0, 0.05) is 0 Å². The molecule has 2 heteroatoms. The zero-order valence-electron chi connectivity index (χ0n) is 20.1. The molecule has 0 saturated carbocycles. The van der Waals surface area contributed by atoms with Crippen LogP contribution in [-0.2, 0) is 0 Å². The van der Waals surface area contributed by atoms with Crippen molar-refractivity contribution in [3.8, 4) is 0 Å². The third-order valence-electron chi connectivity index (χ3n) is 6.40. The first-order chi connectivity index (χ1) is 14.5. The van der Waals surface area contributed by atoms with Gasteiger partial charge in [-0.15, -0.1) is 0 Å². The Labute approximate surface area is 190 Å². The molecular formula is C28H43NSn. The van der Waals surface area contributed by atoms with Gasteiger partial charge in [-0.1, -0.05) is 0 Å². The Hall–Kier alpha value is -1.22. The predicted octanol–water partition coefficient (Wildman–Crippen LogP) is 7.98. The van der Waals surface area contributed by atoms with Crippen LogP contribution in [0.5, 0.6) is 0 Å². The second-order valence-corrected chi connectivity index (χ2v) is 22.3. The van der Waals surface area contributed by atoms with Gasteiger partial charge in [0.15, 0.2) is 0 Å². The number of hydrogen-bond acceptors (Lipinski definition) is 1. The Balaban J connectivity index is 2.28. The molecule has 0 atom stereocenters. The van der Waals surface area contributed by atoms with Gasteiger partial charge in [-0.25, -0.2) is 0 Å². The van der Waals surface area contributed by atoms with Crippen molar-refractivity contribution in [3.63, 3.8) is 0 Å². The van der Waals surface area contributed by atoms with Crippen molar-refractivity contribution in [2.75, 3.05) is 19.0 Å². The summed E-state index contributed by atoms with van der Waals surface area (Å²) in [5.74, 6) is 0. The van der Waals surface area contributed by atoms with Gasteiger partial charge < -0.3 is 0 Å². The second kappa shape index (κ2) is 13.2. The van der Waals surface area contributed by atoms with Crippen molar-refractivity contribution in [1.29, 1.82) is 0 Å². The van der Waals surface area contributed by atoms with E-state index in [2.05, 4.69) is 100 Å². The maximum absolute atomic E-state index is 2.56. The van der Waals surface area contributed by atoms with Crippen molar-refractivity contribution in [3.05, 3.63) is 59.7 Å². The number of benzene rings is 2. The topological polar surface area (TPSA) is 3.24 Å². The van der Waals surface area contributed by atoms with Gasteiger partial charge in [0.05, 0.1) is 0 Å². The van der Waals surface area contributed by atoms with E-state index in [0.717, 1.165) is 0 Å². The average molecular weight is 512 g/mol. The van der Waals surface area contributed by atoms with E-state index in [4.69, 9.17) is 0 Å². The van der Waals surface area contributed by atoms with Crippen molar-refractivity contribution in [2.24, 2.45) is 0 Å². The van der Waals surface area contributed by atoms with Crippen LogP contribution in [0.25, 0.3) is 12.2 Å². The molecule has 2 rings (SSSR count). The Kier molecular flexibility index (Phi) is 11.1. The first-order valence-electron chi connectivity index (χ1n) is 12.1. The summed E-state index contributed by atoms with van der Waals surface area (Å²) in [5, 5.41) is 0. The number of anilines is 1. The molecule has 30 heavy (non-hydrogen) atoms. The van der Waals surface area contributed by atoms with Gasteiger partial charge in [0.1, 0.15) is 0 Å². The van der Waals surface area contributed by atoms with Gasteiger partial charge in [-0.3, -0.25) is 0 Å². The standard InChI is InChI=1S/C16H16N.3C4H9.Sn/c1-17(2)16-12-10-15(11-13-16)9-8-14-6-4-3-5-7-14;3*1-3-4-2;/h3-4,6-13H,1-2H3;3*1,3-4H2,2H3;/b9-8+;;;;. The van der Waals surface area contributed by atoms with Crippen LogP contribution in [0.2, 0.25) is 13.3 Å². The minimum atomic E-state index is -2.35. The molecule has 0 spiro atoms. The fraction of sp³-hybridized carbons (Fsp3) is 0.500. The van der Waals surface area contributed by atoms with Crippen LogP contribution >= 0.6 is 0 Å². The van der Waals surface area contributed by atoms with Crippen molar-refractivity contribution < 1.29 is 0 Å². The molecule has 1 nitrogen and oxygen atoms in total. The molecule has 2 aromatic rings. The molecule has 0 unspecified atom stereocenters. The Morgan fingerprint density at radius 3 is 1.73 bits per heavy atom. The first kappa shape index (κ1) is 25.0. The molecule has 0 aliphatic carbocycles. The summed E-state index contributed by atoms with van der Waals surface area (Å²) in [4.78, 5) is 2.15. The van der Waals surface area contributed by atoms with Crippen molar-refractivity contribution in [2.45, 2.75) is 72.6 Å². The van der Waals surface area contributed by atoms with E-state index < -0.39 is 18.4 Å². The van der Waals surface area contributed by atoms with Crippen LogP contribution in [-0.4, -0.2) is 32.5 Å². The summed E-state index contributed by atoms with van der Waals surface area (Å²) in [6.07, 6.45) is 12.8. The van der Waals surface area contributed by atoms with Gasteiger partial charge >= 0.3 is 191 Å². The zero-order valence-corrected chi connectivity index (χ0v) is 22.9. The molecule has 0 aromatic heterocycles. The average Bonchev–Trinajstić information content (AvgIpc) is 2.78.